The first-order valence-corrected chi connectivity index (χ1v) is 6.15. The third-order valence-electron chi connectivity index (χ3n) is 2.77. The molecule has 1 aromatic rings. The van der Waals surface area contributed by atoms with Crippen molar-refractivity contribution in [3.63, 3.8) is 0 Å². The molecule has 0 saturated carbocycles. The third-order valence-corrected chi connectivity index (χ3v) is 2.77. The van der Waals surface area contributed by atoms with Gasteiger partial charge in [-0.25, -0.2) is 0 Å². The first kappa shape index (κ1) is 15.2. The Hall–Kier alpha value is -1.82. The largest absolute Gasteiger partial charge is 0.466 e. The maximum atomic E-state index is 11.8. The molecule has 2 amide bonds. The highest BCUT2D eigenvalue weighted by Gasteiger charge is 2.17. The highest BCUT2D eigenvalue weighted by Crippen LogP contribution is 2.12. The van der Waals surface area contributed by atoms with Crippen LogP contribution in [0.25, 0.3) is 0 Å². The first-order valence-electron chi connectivity index (χ1n) is 6.15. The molecular weight excluding hydrogens is 248 g/mol. The van der Waals surface area contributed by atoms with E-state index in [1.165, 1.54) is 0 Å². The molecule has 0 radical (unpaired) electrons. The van der Waals surface area contributed by atoms with Crippen LogP contribution in [0.5, 0.6) is 0 Å². The summed E-state index contributed by atoms with van der Waals surface area (Å²) in [7, 11) is 0. The standard InChI is InChI=1S/C13H20N2O4/c1-7(2)11(16)6-12(17)14-15-13(18)10-5-8(3)19-9(10)4/h5,7,11,16H,6H2,1-4H3,(H,14,17)(H,15,18). The van der Waals surface area contributed by atoms with Crippen LogP contribution in [0.4, 0.5) is 0 Å². The lowest BCUT2D eigenvalue weighted by Crippen LogP contribution is -2.43. The second kappa shape index (κ2) is 6.38. The van der Waals surface area contributed by atoms with Gasteiger partial charge in [-0.15, -0.1) is 0 Å². The van der Waals surface area contributed by atoms with Crippen molar-refractivity contribution in [2.75, 3.05) is 0 Å². The molecule has 106 valence electrons. The number of amides is 2. The zero-order chi connectivity index (χ0) is 14.6. The van der Waals surface area contributed by atoms with Gasteiger partial charge < -0.3 is 9.52 Å². The van der Waals surface area contributed by atoms with E-state index in [4.69, 9.17) is 4.42 Å². The Morgan fingerprint density at radius 2 is 1.95 bits per heavy atom. The predicted octanol–water partition coefficient (Wildman–Crippen LogP) is 1.06. The molecule has 0 aromatic carbocycles. The van der Waals surface area contributed by atoms with Gasteiger partial charge in [0.15, 0.2) is 0 Å². The molecule has 0 fully saturated rings. The van der Waals surface area contributed by atoms with Crippen LogP contribution in [-0.4, -0.2) is 23.0 Å². The molecule has 0 saturated heterocycles. The Bertz CT molecular complexity index is 465. The van der Waals surface area contributed by atoms with Gasteiger partial charge in [0.25, 0.3) is 5.91 Å². The van der Waals surface area contributed by atoms with Crippen LogP contribution in [0.2, 0.25) is 0 Å². The van der Waals surface area contributed by atoms with Crippen molar-refractivity contribution in [2.45, 2.75) is 40.2 Å². The molecule has 6 heteroatoms. The minimum atomic E-state index is -0.727. The van der Waals surface area contributed by atoms with Gasteiger partial charge >= 0.3 is 0 Å². The lowest BCUT2D eigenvalue weighted by Gasteiger charge is -2.14. The summed E-state index contributed by atoms with van der Waals surface area (Å²) in [6.07, 6.45) is -0.781. The number of aliphatic hydroxyl groups excluding tert-OH is 1. The molecule has 1 atom stereocenters. The Kier molecular flexibility index (Phi) is 5.11. The second-order valence-electron chi connectivity index (χ2n) is 4.84. The molecule has 6 nitrogen and oxygen atoms in total. The summed E-state index contributed by atoms with van der Waals surface area (Å²) in [5.74, 6) is 0.227. The van der Waals surface area contributed by atoms with Gasteiger partial charge in [-0.3, -0.25) is 20.4 Å². The molecule has 3 N–H and O–H groups in total. The minimum absolute atomic E-state index is 0.0137. The molecular formula is C13H20N2O4. The van der Waals surface area contributed by atoms with Crippen molar-refractivity contribution >= 4 is 11.8 Å². The average molecular weight is 268 g/mol. The first-order chi connectivity index (χ1) is 8.81. The van der Waals surface area contributed by atoms with Gasteiger partial charge in [0.2, 0.25) is 5.91 Å². The number of rotatable bonds is 4. The fourth-order valence-electron chi connectivity index (χ4n) is 1.53. The topological polar surface area (TPSA) is 91.6 Å². The maximum Gasteiger partial charge on any atom is 0.273 e. The number of aryl methyl sites for hydroxylation is 2. The van der Waals surface area contributed by atoms with E-state index in [1.54, 1.807) is 19.9 Å². The number of furan rings is 1. The zero-order valence-electron chi connectivity index (χ0n) is 11.6. The molecule has 0 aliphatic carbocycles. The van der Waals surface area contributed by atoms with Gasteiger partial charge in [0.05, 0.1) is 18.1 Å². The molecule has 1 aromatic heterocycles. The molecule has 0 aliphatic rings. The van der Waals surface area contributed by atoms with Crippen LogP contribution in [-0.2, 0) is 4.79 Å². The van der Waals surface area contributed by atoms with Gasteiger partial charge in [0.1, 0.15) is 11.5 Å². The number of hydrazine groups is 1. The quantitative estimate of drug-likeness (QED) is 0.712. The van der Waals surface area contributed by atoms with Crippen LogP contribution in [0.3, 0.4) is 0 Å². The zero-order valence-corrected chi connectivity index (χ0v) is 11.6. The van der Waals surface area contributed by atoms with Crippen LogP contribution in [0.15, 0.2) is 10.5 Å². The van der Waals surface area contributed by atoms with Crippen molar-refractivity contribution in [1.82, 2.24) is 10.9 Å². The van der Waals surface area contributed by atoms with Crippen molar-refractivity contribution in [3.8, 4) is 0 Å². The van der Waals surface area contributed by atoms with Crippen molar-refractivity contribution in [3.05, 3.63) is 23.2 Å². The number of carbonyl (C=O) groups is 2. The van der Waals surface area contributed by atoms with E-state index in [0.717, 1.165) is 0 Å². The molecule has 0 bridgehead atoms. The van der Waals surface area contributed by atoms with Crippen LogP contribution in [0.1, 0.15) is 42.1 Å². The fourth-order valence-corrected chi connectivity index (χ4v) is 1.53. The summed E-state index contributed by atoms with van der Waals surface area (Å²) in [5, 5.41) is 9.54. The number of hydrogen-bond acceptors (Lipinski definition) is 4. The van der Waals surface area contributed by atoms with Gasteiger partial charge in [-0.2, -0.15) is 0 Å². The molecule has 1 rings (SSSR count). The average Bonchev–Trinajstić information content (AvgIpc) is 2.65. The van der Waals surface area contributed by atoms with E-state index in [1.807, 2.05) is 13.8 Å². The lowest BCUT2D eigenvalue weighted by atomic mass is 10.0. The minimum Gasteiger partial charge on any atom is -0.466 e. The van der Waals surface area contributed by atoms with E-state index < -0.39 is 17.9 Å². The van der Waals surface area contributed by atoms with E-state index in [0.29, 0.717) is 17.1 Å². The maximum absolute atomic E-state index is 11.8. The number of carbonyl (C=O) groups excluding carboxylic acids is 2. The summed E-state index contributed by atoms with van der Waals surface area (Å²) in [5.41, 5.74) is 4.93. The van der Waals surface area contributed by atoms with Gasteiger partial charge in [0, 0.05) is 0 Å². The Balaban J connectivity index is 2.47. The van der Waals surface area contributed by atoms with E-state index in [9.17, 15) is 14.7 Å². The van der Waals surface area contributed by atoms with E-state index in [-0.39, 0.29) is 12.3 Å². The second-order valence-corrected chi connectivity index (χ2v) is 4.84. The van der Waals surface area contributed by atoms with Gasteiger partial charge in [-0.1, -0.05) is 13.8 Å². The molecule has 1 heterocycles. The van der Waals surface area contributed by atoms with Crippen LogP contribution < -0.4 is 10.9 Å². The summed E-state index contributed by atoms with van der Waals surface area (Å²) in [6.45, 7) is 7.04. The van der Waals surface area contributed by atoms with E-state index >= 15 is 0 Å². The van der Waals surface area contributed by atoms with Crippen LogP contribution >= 0.6 is 0 Å². The van der Waals surface area contributed by atoms with Crippen molar-refractivity contribution in [2.24, 2.45) is 5.92 Å². The molecule has 1 unspecified atom stereocenters. The van der Waals surface area contributed by atoms with Crippen molar-refractivity contribution < 1.29 is 19.1 Å². The number of hydrogen-bond donors (Lipinski definition) is 3. The van der Waals surface area contributed by atoms with Crippen molar-refractivity contribution in [1.29, 1.82) is 0 Å². The highest BCUT2D eigenvalue weighted by molar-refractivity contribution is 5.96. The Morgan fingerprint density at radius 3 is 2.42 bits per heavy atom. The summed E-state index contributed by atoms with van der Waals surface area (Å²) in [6, 6.07) is 1.60. The Morgan fingerprint density at radius 1 is 1.32 bits per heavy atom. The summed E-state index contributed by atoms with van der Waals surface area (Å²) < 4.78 is 5.22. The monoisotopic (exact) mass is 268 g/mol. The third kappa shape index (κ3) is 4.40. The summed E-state index contributed by atoms with van der Waals surface area (Å²) >= 11 is 0. The highest BCUT2D eigenvalue weighted by atomic mass is 16.3. The fraction of sp³-hybridized carbons (Fsp3) is 0.538. The smallest absolute Gasteiger partial charge is 0.273 e. The lowest BCUT2D eigenvalue weighted by molar-refractivity contribution is -0.124. The normalized spacial score (nSPS) is 12.3. The predicted molar refractivity (Wildman–Crippen MR) is 69.3 cm³/mol. The SMILES string of the molecule is Cc1cc(C(=O)NNC(=O)CC(O)C(C)C)c(C)o1. The number of aliphatic hydroxyl groups is 1. The molecule has 0 aliphatic heterocycles. The molecule has 0 spiro atoms. The molecule has 19 heavy (non-hydrogen) atoms. The van der Waals surface area contributed by atoms with Crippen LogP contribution in [0, 0.1) is 19.8 Å². The van der Waals surface area contributed by atoms with E-state index in [2.05, 4.69) is 10.9 Å². The van der Waals surface area contributed by atoms with Gasteiger partial charge in [-0.05, 0) is 25.8 Å². The summed E-state index contributed by atoms with van der Waals surface area (Å²) in [4.78, 5) is 23.2. The number of nitrogens with one attached hydrogen (secondary N) is 2. The Labute approximate surface area is 112 Å².